The Morgan fingerprint density at radius 2 is 1.67 bits per heavy atom. The molecular weight excluding hydrogens is 150 g/mol. The lowest BCUT2D eigenvalue weighted by Gasteiger charge is -2.27. The maximum absolute atomic E-state index is 5.51. The Kier molecular flexibility index (Phi) is 7.45. The van der Waals surface area contributed by atoms with Gasteiger partial charge < -0.3 is 11.5 Å². The van der Waals surface area contributed by atoms with Crippen molar-refractivity contribution in [1.29, 1.82) is 0 Å². The van der Waals surface area contributed by atoms with Crippen LogP contribution in [0.4, 0.5) is 0 Å². The summed E-state index contributed by atoms with van der Waals surface area (Å²) in [6.45, 7) is 7.85. The molecule has 0 saturated heterocycles. The zero-order valence-corrected chi connectivity index (χ0v) is 8.42. The fourth-order valence-electron chi connectivity index (χ4n) is 1.48. The van der Waals surface area contributed by atoms with E-state index in [1.165, 1.54) is 12.8 Å². The van der Waals surface area contributed by atoms with Crippen LogP contribution in [0.3, 0.4) is 0 Å². The van der Waals surface area contributed by atoms with Gasteiger partial charge in [0.1, 0.15) is 0 Å². The van der Waals surface area contributed by atoms with Crippen molar-refractivity contribution in [3.05, 3.63) is 0 Å². The Hall–Kier alpha value is -0.120. The summed E-state index contributed by atoms with van der Waals surface area (Å²) in [5.74, 6) is 0. The molecule has 74 valence electrons. The first-order valence-electron chi connectivity index (χ1n) is 4.90. The molecule has 0 aliphatic carbocycles. The number of hydrogen-bond acceptors (Lipinski definition) is 3. The molecule has 0 aliphatic rings. The first kappa shape index (κ1) is 11.9. The first-order valence-corrected chi connectivity index (χ1v) is 4.90. The SMILES string of the molecule is CCCC(C)N(CCN)CCN. The van der Waals surface area contributed by atoms with Crippen LogP contribution in [0, 0.1) is 0 Å². The van der Waals surface area contributed by atoms with Gasteiger partial charge >= 0.3 is 0 Å². The van der Waals surface area contributed by atoms with Crippen LogP contribution in [0.1, 0.15) is 26.7 Å². The molecule has 0 aliphatic heterocycles. The Morgan fingerprint density at radius 1 is 1.17 bits per heavy atom. The monoisotopic (exact) mass is 173 g/mol. The minimum atomic E-state index is 0.627. The first-order chi connectivity index (χ1) is 5.76. The predicted octanol–water partition coefficient (Wildman–Crippen LogP) is 0.394. The molecule has 0 aromatic carbocycles. The van der Waals surface area contributed by atoms with E-state index in [9.17, 15) is 0 Å². The lowest BCUT2D eigenvalue weighted by molar-refractivity contribution is 0.210. The highest BCUT2D eigenvalue weighted by molar-refractivity contribution is 4.67. The third kappa shape index (κ3) is 4.70. The summed E-state index contributed by atoms with van der Waals surface area (Å²) in [7, 11) is 0. The fraction of sp³-hybridized carbons (Fsp3) is 1.00. The van der Waals surface area contributed by atoms with E-state index in [2.05, 4.69) is 18.7 Å². The second-order valence-corrected chi connectivity index (χ2v) is 3.25. The van der Waals surface area contributed by atoms with Gasteiger partial charge in [0.15, 0.2) is 0 Å². The van der Waals surface area contributed by atoms with Gasteiger partial charge in [0.25, 0.3) is 0 Å². The zero-order valence-electron chi connectivity index (χ0n) is 8.42. The zero-order chi connectivity index (χ0) is 9.40. The number of rotatable bonds is 7. The van der Waals surface area contributed by atoms with Gasteiger partial charge in [-0.3, -0.25) is 4.90 Å². The highest BCUT2D eigenvalue weighted by atomic mass is 15.2. The lowest BCUT2D eigenvalue weighted by atomic mass is 10.1. The van der Waals surface area contributed by atoms with Gasteiger partial charge in [-0.1, -0.05) is 13.3 Å². The van der Waals surface area contributed by atoms with Crippen LogP contribution in [-0.2, 0) is 0 Å². The molecular formula is C9H23N3. The van der Waals surface area contributed by atoms with Gasteiger partial charge in [0, 0.05) is 32.2 Å². The van der Waals surface area contributed by atoms with E-state index >= 15 is 0 Å². The van der Waals surface area contributed by atoms with Crippen LogP contribution in [0.25, 0.3) is 0 Å². The fourth-order valence-corrected chi connectivity index (χ4v) is 1.48. The van der Waals surface area contributed by atoms with E-state index in [4.69, 9.17) is 11.5 Å². The standard InChI is InChI=1S/C9H23N3/c1-3-4-9(2)12(7-5-10)8-6-11/h9H,3-8,10-11H2,1-2H3. The van der Waals surface area contributed by atoms with E-state index in [1.54, 1.807) is 0 Å². The van der Waals surface area contributed by atoms with Gasteiger partial charge in [-0.25, -0.2) is 0 Å². The average Bonchev–Trinajstić information content (AvgIpc) is 2.04. The molecule has 0 heterocycles. The molecule has 0 radical (unpaired) electrons. The molecule has 3 heteroatoms. The molecule has 0 amide bonds. The Labute approximate surface area is 76.1 Å². The van der Waals surface area contributed by atoms with Crippen molar-refractivity contribution in [2.75, 3.05) is 26.2 Å². The van der Waals surface area contributed by atoms with Gasteiger partial charge in [-0.15, -0.1) is 0 Å². The van der Waals surface area contributed by atoms with Crippen molar-refractivity contribution in [3.63, 3.8) is 0 Å². The van der Waals surface area contributed by atoms with E-state index in [-0.39, 0.29) is 0 Å². The van der Waals surface area contributed by atoms with Crippen molar-refractivity contribution < 1.29 is 0 Å². The van der Waals surface area contributed by atoms with Crippen LogP contribution in [-0.4, -0.2) is 37.1 Å². The van der Waals surface area contributed by atoms with Crippen LogP contribution < -0.4 is 11.5 Å². The summed E-state index contributed by atoms with van der Waals surface area (Å²) >= 11 is 0. The quantitative estimate of drug-likeness (QED) is 0.586. The summed E-state index contributed by atoms with van der Waals surface area (Å²) in [5.41, 5.74) is 11.0. The largest absolute Gasteiger partial charge is 0.329 e. The summed E-state index contributed by atoms with van der Waals surface area (Å²) in [5, 5.41) is 0. The van der Waals surface area contributed by atoms with Crippen molar-refractivity contribution in [3.8, 4) is 0 Å². The Balaban J connectivity index is 3.72. The molecule has 0 saturated carbocycles. The molecule has 0 aromatic heterocycles. The van der Waals surface area contributed by atoms with Gasteiger partial charge in [0.05, 0.1) is 0 Å². The summed E-state index contributed by atoms with van der Waals surface area (Å²) in [6.07, 6.45) is 2.47. The van der Waals surface area contributed by atoms with E-state index in [0.717, 1.165) is 26.2 Å². The number of nitrogens with zero attached hydrogens (tertiary/aromatic N) is 1. The maximum Gasteiger partial charge on any atom is 0.0108 e. The normalized spacial score (nSPS) is 13.8. The van der Waals surface area contributed by atoms with Crippen molar-refractivity contribution in [2.24, 2.45) is 11.5 Å². The second kappa shape index (κ2) is 7.53. The molecule has 0 bridgehead atoms. The van der Waals surface area contributed by atoms with Crippen molar-refractivity contribution in [1.82, 2.24) is 4.90 Å². The van der Waals surface area contributed by atoms with Crippen molar-refractivity contribution in [2.45, 2.75) is 32.7 Å². The van der Waals surface area contributed by atoms with Gasteiger partial charge in [-0.2, -0.15) is 0 Å². The summed E-state index contributed by atoms with van der Waals surface area (Å²) in [4.78, 5) is 2.36. The number of nitrogens with two attached hydrogens (primary N) is 2. The molecule has 3 nitrogen and oxygen atoms in total. The van der Waals surface area contributed by atoms with Gasteiger partial charge in [-0.05, 0) is 13.3 Å². The molecule has 12 heavy (non-hydrogen) atoms. The van der Waals surface area contributed by atoms with Crippen LogP contribution in [0.5, 0.6) is 0 Å². The van der Waals surface area contributed by atoms with Gasteiger partial charge in [0.2, 0.25) is 0 Å². The minimum absolute atomic E-state index is 0.627. The number of hydrogen-bond donors (Lipinski definition) is 2. The molecule has 1 atom stereocenters. The van der Waals surface area contributed by atoms with Crippen LogP contribution in [0.2, 0.25) is 0 Å². The van der Waals surface area contributed by atoms with Crippen LogP contribution >= 0.6 is 0 Å². The molecule has 0 spiro atoms. The molecule has 1 unspecified atom stereocenters. The maximum atomic E-state index is 5.51. The molecule has 4 N–H and O–H groups in total. The Bertz CT molecular complexity index is 89.8. The third-order valence-corrected chi connectivity index (χ3v) is 2.16. The van der Waals surface area contributed by atoms with E-state index in [1.807, 2.05) is 0 Å². The molecule has 0 aromatic rings. The predicted molar refractivity (Wildman–Crippen MR) is 54.1 cm³/mol. The summed E-state index contributed by atoms with van der Waals surface area (Å²) in [6, 6.07) is 0.627. The summed E-state index contributed by atoms with van der Waals surface area (Å²) < 4.78 is 0. The topological polar surface area (TPSA) is 55.3 Å². The molecule has 0 rings (SSSR count). The minimum Gasteiger partial charge on any atom is -0.329 e. The highest BCUT2D eigenvalue weighted by Crippen LogP contribution is 2.04. The lowest BCUT2D eigenvalue weighted by Crippen LogP contribution is -2.40. The smallest absolute Gasteiger partial charge is 0.0108 e. The molecule has 0 fully saturated rings. The highest BCUT2D eigenvalue weighted by Gasteiger charge is 2.10. The Morgan fingerprint density at radius 3 is 2.00 bits per heavy atom. The second-order valence-electron chi connectivity index (χ2n) is 3.25. The van der Waals surface area contributed by atoms with Crippen LogP contribution in [0.15, 0.2) is 0 Å². The average molecular weight is 173 g/mol. The van der Waals surface area contributed by atoms with E-state index < -0.39 is 0 Å². The van der Waals surface area contributed by atoms with Crippen molar-refractivity contribution >= 4 is 0 Å². The third-order valence-electron chi connectivity index (χ3n) is 2.16. The van der Waals surface area contributed by atoms with E-state index in [0.29, 0.717) is 6.04 Å².